The molecule has 2 aliphatic rings. The zero-order valence-electron chi connectivity index (χ0n) is 16.9. The van der Waals surface area contributed by atoms with E-state index in [1.807, 2.05) is 12.1 Å². The van der Waals surface area contributed by atoms with Crippen LogP contribution in [0.25, 0.3) is 6.08 Å². The number of allylic oxidation sites excluding steroid dienone is 1. The molecule has 2 aromatic carbocycles. The Balaban J connectivity index is 1.46. The number of ketones is 1. The molecule has 0 radical (unpaired) electrons. The monoisotopic (exact) mass is 493 g/mol. The number of hydrogen-bond donors (Lipinski definition) is 0. The van der Waals surface area contributed by atoms with Gasteiger partial charge in [-0.3, -0.25) is 9.78 Å². The fourth-order valence-corrected chi connectivity index (χ4v) is 4.17. The van der Waals surface area contributed by atoms with E-state index in [4.69, 9.17) is 18.9 Å². The molecule has 32 heavy (non-hydrogen) atoms. The second-order valence-corrected chi connectivity index (χ2v) is 8.19. The van der Waals surface area contributed by atoms with Gasteiger partial charge in [-0.2, -0.15) is 0 Å². The van der Waals surface area contributed by atoms with Crippen LogP contribution in [0.3, 0.4) is 0 Å². The molecular formula is C24H16BrNO6. The molecule has 3 aromatic rings. The third kappa shape index (κ3) is 3.79. The number of halogens is 1. The zero-order chi connectivity index (χ0) is 22.2. The number of rotatable bonds is 3. The van der Waals surface area contributed by atoms with E-state index >= 15 is 0 Å². The Morgan fingerprint density at radius 1 is 1.19 bits per heavy atom. The van der Waals surface area contributed by atoms with E-state index in [-0.39, 0.29) is 24.1 Å². The first-order valence-electron chi connectivity index (χ1n) is 9.73. The van der Waals surface area contributed by atoms with Gasteiger partial charge in [0.15, 0.2) is 12.6 Å². The zero-order valence-corrected chi connectivity index (χ0v) is 18.5. The van der Waals surface area contributed by atoms with Crippen LogP contribution < -0.4 is 14.2 Å². The molecule has 0 unspecified atom stereocenters. The van der Waals surface area contributed by atoms with Crippen molar-refractivity contribution < 1.29 is 28.5 Å². The Labute approximate surface area is 191 Å². The number of esters is 1. The van der Waals surface area contributed by atoms with Gasteiger partial charge in [-0.1, -0.05) is 15.9 Å². The molecule has 0 N–H and O–H groups in total. The summed E-state index contributed by atoms with van der Waals surface area (Å²) < 4.78 is 23.2. The largest absolute Gasteiger partial charge is 0.467 e. The summed E-state index contributed by atoms with van der Waals surface area (Å²) in [6.07, 6.45) is 4.68. The number of nitrogens with zero attached hydrogens (tertiary/aromatic N) is 1. The highest BCUT2D eigenvalue weighted by atomic mass is 79.9. The van der Waals surface area contributed by atoms with Gasteiger partial charge in [0, 0.05) is 34.1 Å². The summed E-state index contributed by atoms with van der Waals surface area (Å²) in [6.45, 7) is 2.34. The van der Waals surface area contributed by atoms with Crippen molar-refractivity contribution in [3.8, 4) is 17.2 Å². The summed E-state index contributed by atoms with van der Waals surface area (Å²) in [7, 11) is 0. The van der Waals surface area contributed by atoms with Gasteiger partial charge < -0.3 is 18.9 Å². The van der Waals surface area contributed by atoms with Crippen LogP contribution in [0.4, 0.5) is 0 Å². The van der Waals surface area contributed by atoms with E-state index in [9.17, 15) is 9.59 Å². The smallest absolute Gasteiger partial charge is 0.343 e. The number of benzene rings is 2. The van der Waals surface area contributed by atoms with Crippen molar-refractivity contribution in [1.29, 1.82) is 0 Å². The predicted octanol–water partition coefficient (Wildman–Crippen LogP) is 4.85. The fraction of sp³-hybridized carbons (Fsp3) is 0.125. The molecule has 8 heteroatoms. The number of hydrogen-bond acceptors (Lipinski definition) is 7. The Kier molecular flexibility index (Phi) is 5.24. The summed E-state index contributed by atoms with van der Waals surface area (Å²) >= 11 is 3.48. The number of ether oxygens (including phenoxy) is 4. The van der Waals surface area contributed by atoms with Crippen molar-refractivity contribution in [3.63, 3.8) is 0 Å². The summed E-state index contributed by atoms with van der Waals surface area (Å²) in [5, 5.41) is 0. The first-order chi connectivity index (χ1) is 15.5. The lowest BCUT2D eigenvalue weighted by atomic mass is 10.0. The molecule has 2 aliphatic heterocycles. The second kappa shape index (κ2) is 8.22. The number of aromatic nitrogens is 1. The number of pyridine rings is 1. The Morgan fingerprint density at radius 3 is 2.81 bits per heavy atom. The maximum Gasteiger partial charge on any atom is 0.343 e. The highest BCUT2D eigenvalue weighted by molar-refractivity contribution is 9.10. The van der Waals surface area contributed by atoms with E-state index in [0.717, 1.165) is 10.0 Å². The molecule has 0 bridgehead atoms. The minimum atomic E-state index is -0.521. The molecule has 0 aliphatic carbocycles. The van der Waals surface area contributed by atoms with Gasteiger partial charge in [-0.15, -0.1) is 0 Å². The maximum absolute atomic E-state index is 13.0. The van der Waals surface area contributed by atoms with Crippen LogP contribution >= 0.6 is 15.9 Å². The molecule has 160 valence electrons. The molecule has 0 atom stereocenters. The first-order valence-corrected chi connectivity index (χ1v) is 10.5. The molecule has 0 saturated carbocycles. The van der Waals surface area contributed by atoms with Crippen LogP contribution in [0.2, 0.25) is 0 Å². The number of fused-ring (bicyclic) bond motifs is 2. The molecule has 7 nitrogen and oxygen atoms in total. The van der Waals surface area contributed by atoms with Crippen LogP contribution in [0.5, 0.6) is 17.2 Å². The van der Waals surface area contributed by atoms with Crippen LogP contribution in [0, 0.1) is 6.92 Å². The van der Waals surface area contributed by atoms with E-state index in [0.29, 0.717) is 40.4 Å². The van der Waals surface area contributed by atoms with Crippen molar-refractivity contribution in [2.24, 2.45) is 0 Å². The van der Waals surface area contributed by atoms with Crippen molar-refractivity contribution in [1.82, 2.24) is 4.98 Å². The van der Waals surface area contributed by atoms with Crippen molar-refractivity contribution >= 4 is 33.8 Å². The summed E-state index contributed by atoms with van der Waals surface area (Å²) in [4.78, 5) is 29.3. The number of aryl methyl sites for hydroxylation is 1. The van der Waals surface area contributed by atoms with Crippen LogP contribution in [-0.4, -0.2) is 23.5 Å². The third-order valence-electron chi connectivity index (χ3n) is 5.06. The third-order valence-corrected chi connectivity index (χ3v) is 5.52. The molecule has 0 saturated heterocycles. The highest BCUT2D eigenvalue weighted by Crippen LogP contribution is 2.39. The lowest BCUT2D eigenvalue weighted by Gasteiger charge is -2.20. The minimum Gasteiger partial charge on any atom is -0.467 e. The Morgan fingerprint density at radius 2 is 2.00 bits per heavy atom. The van der Waals surface area contributed by atoms with Crippen molar-refractivity contribution in [3.05, 3.63) is 86.8 Å². The summed E-state index contributed by atoms with van der Waals surface area (Å²) in [5.74, 6) is 0.681. The Hall–Kier alpha value is -3.49. The van der Waals surface area contributed by atoms with Crippen molar-refractivity contribution in [2.75, 3.05) is 6.79 Å². The average Bonchev–Trinajstić information content (AvgIpc) is 3.09. The first kappa shape index (κ1) is 20.4. The van der Waals surface area contributed by atoms with E-state index in [1.165, 1.54) is 12.4 Å². The highest BCUT2D eigenvalue weighted by Gasteiger charge is 2.31. The van der Waals surface area contributed by atoms with Crippen LogP contribution in [0.1, 0.15) is 37.4 Å². The van der Waals surface area contributed by atoms with Crippen LogP contribution in [0.15, 0.2) is 59.0 Å². The van der Waals surface area contributed by atoms with Gasteiger partial charge in [0.2, 0.25) is 5.78 Å². The summed E-state index contributed by atoms with van der Waals surface area (Å²) in [6, 6.07) is 10.1. The predicted molar refractivity (Wildman–Crippen MR) is 118 cm³/mol. The van der Waals surface area contributed by atoms with Gasteiger partial charge in [0.1, 0.15) is 17.2 Å². The molecule has 0 fully saturated rings. The number of carbonyl (C=O) groups excluding carboxylic acids is 2. The number of Topliss-reactive ketones (excluding diaryl/α,β-unsaturated/α-hetero) is 1. The minimum absolute atomic E-state index is 0.144. The van der Waals surface area contributed by atoms with Gasteiger partial charge in [0.25, 0.3) is 0 Å². The average molecular weight is 494 g/mol. The van der Waals surface area contributed by atoms with Gasteiger partial charge in [0.05, 0.1) is 17.7 Å². The second-order valence-electron chi connectivity index (χ2n) is 7.27. The lowest BCUT2D eigenvalue weighted by Crippen LogP contribution is -2.12. The molecule has 0 spiro atoms. The quantitative estimate of drug-likeness (QED) is 0.292. The van der Waals surface area contributed by atoms with E-state index < -0.39 is 5.97 Å². The molecular weight excluding hydrogens is 478 g/mol. The van der Waals surface area contributed by atoms with Crippen LogP contribution in [-0.2, 0) is 11.3 Å². The molecule has 5 rings (SSSR count). The lowest BCUT2D eigenvalue weighted by molar-refractivity contribution is -0.0165. The van der Waals surface area contributed by atoms with Crippen molar-refractivity contribution in [2.45, 2.75) is 13.5 Å². The molecule has 1 aromatic heterocycles. The Bertz CT molecular complexity index is 1290. The maximum atomic E-state index is 13.0. The van der Waals surface area contributed by atoms with Gasteiger partial charge in [-0.25, -0.2) is 4.79 Å². The fourth-order valence-electron chi connectivity index (χ4n) is 3.65. The van der Waals surface area contributed by atoms with E-state index in [2.05, 4.69) is 20.9 Å². The SMILES string of the molecule is Cc1cc(OC(=O)c2ccncc2)cc2c1C(=O)/C(=C/c1cc(Br)cc3c1OCOC3)O2. The standard InChI is InChI=1S/C24H16BrNO6/c1-13-6-18(31-24(28)14-2-4-26-5-3-14)10-19-21(13)22(27)20(32-19)9-15-7-17(25)8-16-11-29-12-30-23(15)16/h2-10H,11-12H2,1H3/b20-9-. The normalized spacial score (nSPS) is 15.6. The van der Waals surface area contributed by atoms with Gasteiger partial charge in [-0.05, 0) is 48.9 Å². The topological polar surface area (TPSA) is 84.0 Å². The molecule has 0 amide bonds. The van der Waals surface area contributed by atoms with E-state index in [1.54, 1.807) is 37.3 Å². The number of carbonyl (C=O) groups is 2. The van der Waals surface area contributed by atoms with Gasteiger partial charge >= 0.3 is 5.97 Å². The summed E-state index contributed by atoms with van der Waals surface area (Å²) in [5.41, 5.74) is 3.04. The molecule has 3 heterocycles.